The number of benzene rings is 2. The summed E-state index contributed by atoms with van der Waals surface area (Å²) in [6.45, 7) is 5.73. The average molecular weight is 399 g/mol. The van der Waals surface area contributed by atoms with E-state index >= 15 is 0 Å². The molecule has 2 aromatic carbocycles. The number of nitrogens with zero attached hydrogens (tertiary/aromatic N) is 4. The molecular formula is C23H21N5O2. The Kier molecular flexibility index (Phi) is 5.26. The Hall–Kier alpha value is -4.00. The van der Waals surface area contributed by atoms with Gasteiger partial charge in [-0.1, -0.05) is 17.7 Å². The van der Waals surface area contributed by atoms with E-state index in [1.807, 2.05) is 38.1 Å². The number of ether oxygens (including phenoxy) is 1. The van der Waals surface area contributed by atoms with Crippen LogP contribution >= 0.6 is 0 Å². The third-order valence-electron chi connectivity index (χ3n) is 4.50. The molecule has 0 radical (unpaired) electrons. The summed E-state index contributed by atoms with van der Waals surface area (Å²) in [6.07, 6.45) is 3.49. The van der Waals surface area contributed by atoms with Crippen LogP contribution in [0.3, 0.4) is 0 Å². The highest BCUT2D eigenvalue weighted by Gasteiger charge is 2.10. The van der Waals surface area contributed by atoms with Crippen molar-refractivity contribution in [2.45, 2.75) is 20.8 Å². The standard InChI is InChI=1S/C23H21N5O2/c1-15-5-10-20(16(2)13-15)23(29)27-18-6-8-19(9-7-18)30-22-14-21(25-17(3)26-22)28-12-4-11-24-28/h4-14H,1-3H3,(H,27,29). The zero-order valence-corrected chi connectivity index (χ0v) is 17.0. The van der Waals surface area contributed by atoms with Crippen LogP contribution in [0.25, 0.3) is 5.82 Å². The van der Waals surface area contributed by atoms with E-state index in [0.29, 0.717) is 34.5 Å². The Morgan fingerprint density at radius 2 is 1.80 bits per heavy atom. The highest BCUT2D eigenvalue weighted by Crippen LogP contribution is 2.23. The molecule has 0 saturated carbocycles. The first-order valence-electron chi connectivity index (χ1n) is 9.50. The summed E-state index contributed by atoms with van der Waals surface area (Å²) >= 11 is 0. The molecule has 0 unspecified atom stereocenters. The largest absolute Gasteiger partial charge is 0.439 e. The fourth-order valence-corrected chi connectivity index (χ4v) is 3.09. The van der Waals surface area contributed by atoms with Gasteiger partial charge in [-0.05, 0) is 62.7 Å². The minimum absolute atomic E-state index is 0.142. The second-order valence-electron chi connectivity index (χ2n) is 6.96. The Morgan fingerprint density at radius 3 is 2.50 bits per heavy atom. The number of carbonyl (C=O) groups is 1. The number of carbonyl (C=O) groups excluding carboxylic acids is 1. The Balaban J connectivity index is 1.47. The van der Waals surface area contributed by atoms with Gasteiger partial charge in [-0.2, -0.15) is 10.1 Å². The zero-order valence-electron chi connectivity index (χ0n) is 17.0. The molecule has 0 aliphatic heterocycles. The van der Waals surface area contributed by atoms with Gasteiger partial charge in [0.05, 0.1) is 0 Å². The first-order valence-corrected chi connectivity index (χ1v) is 9.50. The van der Waals surface area contributed by atoms with Gasteiger partial charge in [0.25, 0.3) is 5.91 Å². The van der Waals surface area contributed by atoms with Gasteiger partial charge in [0.2, 0.25) is 5.88 Å². The van der Waals surface area contributed by atoms with E-state index < -0.39 is 0 Å². The average Bonchev–Trinajstić information content (AvgIpc) is 3.24. The van der Waals surface area contributed by atoms with Crippen LogP contribution in [0, 0.1) is 20.8 Å². The minimum atomic E-state index is -0.142. The van der Waals surface area contributed by atoms with E-state index in [2.05, 4.69) is 20.4 Å². The number of nitrogens with one attached hydrogen (secondary N) is 1. The summed E-state index contributed by atoms with van der Waals surface area (Å²) < 4.78 is 7.52. The van der Waals surface area contributed by atoms with E-state index in [0.717, 1.165) is 11.1 Å². The SMILES string of the molecule is Cc1ccc(C(=O)Nc2ccc(Oc3cc(-n4cccn4)nc(C)n3)cc2)c(C)c1. The van der Waals surface area contributed by atoms with Gasteiger partial charge in [0, 0.05) is 29.7 Å². The Labute approximate surface area is 174 Å². The fraction of sp³-hybridized carbons (Fsp3) is 0.130. The van der Waals surface area contributed by atoms with Crippen LogP contribution in [0.2, 0.25) is 0 Å². The van der Waals surface area contributed by atoms with Crippen LogP contribution in [-0.4, -0.2) is 25.7 Å². The maximum absolute atomic E-state index is 12.5. The summed E-state index contributed by atoms with van der Waals surface area (Å²) in [5.41, 5.74) is 3.41. The van der Waals surface area contributed by atoms with Crippen molar-refractivity contribution in [2.75, 3.05) is 5.32 Å². The number of hydrogen-bond acceptors (Lipinski definition) is 5. The van der Waals surface area contributed by atoms with E-state index in [9.17, 15) is 4.79 Å². The summed E-state index contributed by atoms with van der Waals surface area (Å²) in [4.78, 5) is 21.2. The summed E-state index contributed by atoms with van der Waals surface area (Å²) in [5, 5.41) is 7.10. The first kappa shape index (κ1) is 19.3. The van der Waals surface area contributed by atoms with Crippen LogP contribution in [-0.2, 0) is 0 Å². The fourth-order valence-electron chi connectivity index (χ4n) is 3.09. The zero-order chi connectivity index (χ0) is 21.1. The third-order valence-corrected chi connectivity index (χ3v) is 4.50. The number of aromatic nitrogens is 4. The van der Waals surface area contributed by atoms with Crippen LogP contribution in [0.5, 0.6) is 11.6 Å². The van der Waals surface area contributed by atoms with Gasteiger partial charge in [0.1, 0.15) is 11.6 Å². The number of anilines is 1. The van der Waals surface area contributed by atoms with Crippen molar-refractivity contribution >= 4 is 11.6 Å². The molecule has 0 atom stereocenters. The number of aryl methyl sites for hydroxylation is 3. The van der Waals surface area contributed by atoms with Crippen molar-refractivity contribution in [2.24, 2.45) is 0 Å². The highest BCUT2D eigenvalue weighted by molar-refractivity contribution is 6.05. The smallest absolute Gasteiger partial charge is 0.255 e. The molecular weight excluding hydrogens is 378 g/mol. The van der Waals surface area contributed by atoms with Crippen molar-refractivity contribution in [3.63, 3.8) is 0 Å². The summed E-state index contributed by atoms with van der Waals surface area (Å²) in [5.74, 6) is 2.08. The lowest BCUT2D eigenvalue weighted by Gasteiger charge is -2.10. The van der Waals surface area contributed by atoms with Crippen molar-refractivity contribution < 1.29 is 9.53 Å². The second-order valence-corrected chi connectivity index (χ2v) is 6.96. The molecule has 7 nitrogen and oxygen atoms in total. The van der Waals surface area contributed by atoms with Crippen LogP contribution in [0.1, 0.15) is 27.3 Å². The van der Waals surface area contributed by atoms with Gasteiger partial charge >= 0.3 is 0 Å². The lowest BCUT2D eigenvalue weighted by molar-refractivity contribution is 0.102. The Bertz CT molecular complexity index is 1180. The van der Waals surface area contributed by atoms with Gasteiger partial charge in [0.15, 0.2) is 5.82 Å². The van der Waals surface area contributed by atoms with Crippen molar-refractivity contribution in [1.29, 1.82) is 0 Å². The first-order chi connectivity index (χ1) is 14.5. The normalized spacial score (nSPS) is 10.6. The monoisotopic (exact) mass is 399 g/mol. The molecule has 4 aromatic rings. The Morgan fingerprint density at radius 1 is 1.00 bits per heavy atom. The lowest BCUT2D eigenvalue weighted by Crippen LogP contribution is -2.13. The molecule has 2 aromatic heterocycles. The molecule has 1 amide bonds. The minimum Gasteiger partial charge on any atom is -0.439 e. The predicted octanol–water partition coefficient (Wildman–Crippen LogP) is 4.63. The summed E-state index contributed by atoms with van der Waals surface area (Å²) in [6, 6.07) is 16.4. The molecule has 0 bridgehead atoms. The van der Waals surface area contributed by atoms with Crippen LogP contribution in [0.15, 0.2) is 67.0 Å². The number of rotatable bonds is 5. The van der Waals surface area contributed by atoms with Gasteiger partial charge in [-0.15, -0.1) is 0 Å². The van der Waals surface area contributed by atoms with E-state index in [4.69, 9.17) is 4.74 Å². The quantitative estimate of drug-likeness (QED) is 0.529. The summed E-state index contributed by atoms with van der Waals surface area (Å²) in [7, 11) is 0. The third kappa shape index (κ3) is 4.35. The van der Waals surface area contributed by atoms with Crippen molar-refractivity contribution in [1.82, 2.24) is 19.7 Å². The van der Waals surface area contributed by atoms with Gasteiger partial charge in [-0.25, -0.2) is 9.67 Å². The number of amides is 1. The van der Waals surface area contributed by atoms with E-state index in [1.54, 1.807) is 54.3 Å². The molecule has 0 saturated heterocycles. The van der Waals surface area contributed by atoms with Gasteiger partial charge < -0.3 is 10.1 Å². The molecule has 0 fully saturated rings. The highest BCUT2D eigenvalue weighted by atomic mass is 16.5. The molecule has 150 valence electrons. The molecule has 4 rings (SSSR count). The number of hydrogen-bond donors (Lipinski definition) is 1. The van der Waals surface area contributed by atoms with Crippen LogP contribution < -0.4 is 10.1 Å². The van der Waals surface area contributed by atoms with E-state index in [1.165, 1.54) is 0 Å². The predicted molar refractivity (Wildman–Crippen MR) is 114 cm³/mol. The van der Waals surface area contributed by atoms with Crippen molar-refractivity contribution in [3.05, 3.63) is 89.5 Å². The maximum atomic E-state index is 12.5. The topological polar surface area (TPSA) is 81.9 Å². The molecule has 2 heterocycles. The van der Waals surface area contributed by atoms with Crippen LogP contribution in [0.4, 0.5) is 5.69 Å². The molecule has 0 aliphatic rings. The molecule has 1 N–H and O–H groups in total. The molecule has 0 spiro atoms. The van der Waals surface area contributed by atoms with Gasteiger partial charge in [-0.3, -0.25) is 4.79 Å². The molecule has 30 heavy (non-hydrogen) atoms. The lowest BCUT2D eigenvalue weighted by atomic mass is 10.1. The maximum Gasteiger partial charge on any atom is 0.255 e. The second kappa shape index (κ2) is 8.16. The molecule has 7 heteroatoms. The van der Waals surface area contributed by atoms with Crippen molar-refractivity contribution in [3.8, 4) is 17.4 Å². The van der Waals surface area contributed by atoms with E-state index in [-0.39, 0.29) is 5.91 Å². The molecule has 0 aliphatic carbocycles.